The van der Waals surface area contributed by atoms with Crippen LogP contribution in [0.15, 0.2) is 35.4 Å². The van der Waals surface area contributed by atoms with Crippen LogP contribution < -0.4 is 10.3 Å². The first-order chi connectivity index (χ1) is 9.72. The number of likely N-dealkylation sites (N-methyl/N-ethyl adjacent to an activating group) is 1. The van der Waals surface area contributed by atoms with E-state index in [-0.39, 0.29) is 0 Å². The average Bonchev–Trinajstić information content (AvgIpc) is 2.48. The van der Waals surface area contributed by atoms with Crippen LogP contribution in [0.4, 0.5) is 5.69 Å². The first kappa shape index (κ1) is 13.3. The van der Waals surface area contributed by atoms with Gasteiger partial charge in [-0.05, 0) is 30.8 Å². The monoisotopic (exact) mass is 291 g/mol. The van der Waals surface area contributed by atoms with Crippen LogP contribution in [-0.4, -0.2) is 49.0 Å². The molecule has 0 atom stereocenters. The zero-order chi connectivity index (χ0) is 13.9. The molecule has 0 aromatic heterocycles. The molecule has 5 nitrogen and oxygen atoms in total. The molecule has 1 fully saturated rings. The Morgan fingerprint density at radius 1 is 1.10 bits per heavy atom. The van der Waals surface area contributed by atoms with Gasteiger partial charge in [0.2, 0.25) is 0 Å². The minimum Gasteiger partial charge on any atom is -0.369 e. The molecule has 1 saturated heterocycles. The number of allylic oxidation sites excluding steroid dienone is 1. The lowest BCUT2D eigenvalue weighted by molar-refractivity contribution is 0.313. The van der Waals surface area contributed by atoms with Crippen molar-refractivity contribution in [2.45, 2.75) is 0 Å². The molecule has 0 aliphatic carbocycles. The minimum atomic E-state index is 0.944. The van der Waals surface area contributed by atoms with Crippen LogP contribution in [-0.2, 0) is 0 Å². The Bertz CT molecular complexity index is 517. The van der Waals surface area contributed by atoms with E-state index < -0.39 is 0 Å². The first-order valence-corrected chi connectivity index (χ1v) is 7.07. The molecule has 0 amide bonds. The largest absolute Gasteiger partial charge is 0.369 e. The van der Waals surface area contributed by atoms with E-state index in [4.69, 9.17) is 11.8 Å². The highest BCUT2D eigenvalue weighted by atomic mass is 35.5. The Labute approximate surface area is 124 Å². The molecule has 0 radical (unpaired) electrons. The fourth-order valence-electron chi connectivity index (χ4n) is 2.41. The number of hydrazine groups is 1. The summed E-state index contributed by atoms with van der Waals surface area (Å²) in [4.78, 5) is 4.78. The summed E-state index contributed by atoms with van der Waals surface area (Å²) < 4.78 is 1.18. The number of halogens is 1. The van der Waals surface area contributed by atoms with E-state index in [9.17, 15) is 0 Å². The second-order valence-corrected chi connectivity index (χ2v) is 5.37. The molecule has 0 bridgehead atoms. The summed E-state index contributed by atoms with van der Waals surface area (Å²) in [7, 11) is 2.17. The Morgan fingerprint density at radius 2 is 1.80 bits per heavy atom. The number of hydrogen-bond acceptors (Lipinski definition) is 5. The molecule has 0 unspecified atom stereocenters. The summed E-state index contributed by atoms with van der Waals surface area (Å²) in [5, 5.41) is 3.88. The lowest BCUT2D eigenvalue weighted by Gasteiger charge is -2.34. The smallest absolute Gasteiger partial charge is 0.0660 e. The van der Waals surface area contributed by atoms with E-state index >= 15 is 0 Å². The average molecular weight is 292 g/mol. The van der Waals surface area contributed by atoms with E-state index in [1.54, 1.807) is 6.21 Å². The van der Waals surface area contributed by atoms with Gasteiger partial charge in [-0.2, -0.15) is 0 Å². The van der Waals surface area contributed by atoms with Crippen LogP contribution in [0.2, 0.25) is 0 Å². The zero-order valence-corrected chi connectivity index (χ0v) is 12.2. The number of rotatable bonds is 2. The van der Waals surface area contributed by atoms with Gasteiger partial charge in [0.05, 0.1) is 23.7 Å². The minimum absolute atomic E-state index is 0.944. The Morgan fingerprint density at radius 3 is 2.45 bits per heavy atom. The third kappa shape index (κ3) is 2.89. The molecular weight excluding hydrogens is 274 g/mol. The summed E-state index contributed by atoms with van der Waals surface area (Å²) in [5.41, 5.74) is 6.29. The van der Waals surface area contributed by atoms with Gasteiger partial charge >= 0.3 is 0 Å². The summed E-state index contributed by atoms with van der Waals surface area (Å²) in [6.45, 7) is 4.40. The number of anilines is 1. The summed E-state index contributed by atoms with van der Waals surface area (Å²) in [6, 6.07) is 8.54. The van der Waals surface area contributed by atoms with E-state index in [1.165, 1.54) is 10.3 Å². The van der Waals surface area contributed by atoms with Crippen LogP contribution in [0, 0.1) is 0 Å². The molecule has 106 valence electrons. The second-order valence-electron chi connectivity index (χ2n) is 5.05. The van der Waals surface area contributed by atoms with Gasteiger partial charge < -0.3 is 9.80 Å². The van der Waals surface area contributed by atoms with Gasteiger partial charge in [-0.3, -0.25) is 5.43 Å². The quantitative estimate of drug-likeness (QED) is 0.842. The van der Waals surface area contributed by atoms with Crippen molar-refractivity contribution in [1.82, 2.24) is 15.0 Å². The van der Waals surface area contributed by atoms with Gasteiger partial charge in [0.1, 0.15) is 0 Å². The standard InChI is InChI=1S/C14H18ClN5/c1-18-8-10-19(11-9-18)13-4-2-12(3-5-13)14-6-7-16-20(15)17-14/h2-7,17H,8-11H2,1H3. The number of nitrogens with zero attached hydrogens (tertiary/aromatic N) is 4. The van der Waals surface area contributed by atoms with E-state index in [1.807, 2.05) is 6.08 Å². The predicted molar refractivity (Wildman–Crippen MR) is 83.4 cm³/mol. The van der Waals surface area contributed by atoms with Crippen LogP contribution in [0.1, 0.15) is 5.56 Å². The maximum Gasteiger partial charge on any atom is 0.0660 e. The maximum atomic E-state index is 5.80. The highest BCUT2D eigenvalue weighted by molar-refractivity contribution is 6.14. The van der Waals surface area contributed by atoms with Gasteiger partial charge in [-0.25, -0.2) is 0 Å². The number of piperazine rings is 1. The third-order valence-corrected chi connectivity index (χ3v) is 3.84. The molecule has 1 aromatic carbocycles. The van der Waals surface area contributed by atoms with Crippen LogP contribution in [0.5, 0.6) is 0 Å². The topological polar surface area (TPSA) is 34.1 Å². The van der Waals surface area contributed by atoms with Crippen molar-refractivity contribution in [2.75, 3.05) is 38.1 Å². The molecule has 3 rings (SSSR count). The highest BCUT2D eigenvalue weighted by Gasteiger charge is 2.14. The molecule has 20 heavy (non-hydrogen) atoms. The molecule has 2 heterocycles. The Kier molecular flexibility index (Phi) is 3.80. The molecule has 2 aliphatic heterocycles. The van der Waals surface area contributed by atoms with Gasteiger partial charge in [0, 0.05) is 31.9 Å². The van der Waals surface area contributed by atoms with Crippen molar-refractivity contribution in [3.05, 3.63) is 35.9 Å². The highest BCUT2D eigenvalue weighted by Crippen LogP contribution is 2.21. The molecule has 2 aliphatic rings. The predicted octanol–water partition coefficient (Wildman–Crippen LogP) is 1.74. The number of hydrazone groups is 1. The van der Waals surface area contributed by atoms with E-state index in [0.717, 1.165) is 37.4 Å². The number of hydrogen-bond donors (Lipinski definition) is 1. The summed E-state index contributed by atoms with van der Waals surface area (Å²) >= 11 is 5.80. The molecular formula is C14H18ClN5. The van der Waals surface area contributed by atoms with Crippen molar-refractivity contribution in [3.8, 4) is 0 Å². The molecule has 1 aromatic rings. The van der Waals surface area contributed by atoms with E-state index in [0.29, 0.717) is 0 Å². The van der Waals surface area contributed by atoms with Crippen molar-refractivity contribution < 1.29 is 0 Å². The molecule has 0 saturated carbocycles. The summed E-state index contributed by atoms with van der Waals surface area (Å²) in [6.07, 6.45) is 3.58. The SMILES string of the molecule is CN1CCN(c2ccc(C3=CC=NN(Cl)N3)cc2)CC1. The van der Waals surface area contributed by atoms with Gasteiger partial charge in [0.25, 0.3) is 0 Å². The van der Waals surface area contributed by atoms with Crippen LogP contribution in [0.25, 0.3) is 5.70 Å². The molecule has 0 spiro atoms. The van der Waals surface area contributed by atoms with Crippen molar-refractivity contribution >= 4 is 29.4 Å². The fourth-order valence-corrected chi connectivity index (χ4v) is 2.55. The van der Waals surface area contributed by atoms with E-state index in [2.05, 4.69) is 51.6 Å². The summed E-state index contributed by atoms with van der Waals surface area (Å²) in [5.74, 6) is 0. The molecule has 1 N–H and O–H groups in total. The number of benzene rings is 1. The van der Waals surface area contributed by atoms with Gasteiger partial charge in [-0.1, -0.05) is 12.1 Å². The maximum absolute atomic E-state index is 5.80. The van der Waals surface area contributed by atoms with Gasteiger partial charge in [0.15, 0.2) is 0 Å². The molecule has 6 heteroatoms. The number of nitrogens with one attached hydrogen (secondary N) is 1. The van der Waals surface area contributed by atoms with Gasteiger partial charge in [-0.15, -0.1) is 9.74 Å². The Balaban J connectivity index is 1.71. The lowest BCUT2D eigenvalue weighted by Crippen LogP contribution is -2.44. The Hall–Kier alpha value is -1.72. The van der Waals surface area contributed by atoms with Crippen LogP contribution in [0.3, 0.4) is 0 Å². The second kappa shape index (κ2) is 5.73. The zero-order valence-electron chi connectivity index (χ0n) is 11.5. The first-order valence-electron chi connectivity index (χ1n) is 6.73. The van der Waals surface area contributed by atoms with Crippen LogP contribution >= 0.6 is 11.8 Å². The lowest BCUT2D eigenvalue weighted by atomic mass is 10.1. The van der Waals surface area contributed by atoms with Crippen molar-refractivity contribution in [2.24, 2.45) is 5.10 Å². The van der Waals surface area contributed by atoms with Crippen molar-refractivity contribution in [1.29, 1.82) is 0 Å². The fraction of sp³-hybridized carbons (Fsp3) is 0.357. The van der Waals surface area contributed by atoms with Crippen molar-refractivity contribution in [3.63, 3.8) is 0 Å². The third-order valence-electron chi connectivity index (χ3n) is 3.67. The normalized spacial score (nSPS) is 19.8.